The van der Waals surface area contributed by atoms with Gasteiger partial charge in [0.25, 0.3) is 5.91 Å². The Balaban J connectivity index is 2.07. The largest absolute Gasteiger partial charge is 0.507 e. The van der Waals surface area contributed by atoms with E-state index in [0.717, 1.165) is 0 Å². The Bertz CT molecular complexity index is 592. The average molecular weight is 275 g/mol. The molecule has 0 fully saturated rings. The highest BCUT2D eigenvalue weighted by Gasteiger charge is 2.04. The molecule has 0 unspecified atom stereocenters. The van der Waals surface area contributed by atoms with Crippen molar-refractivity contribution in [3.8, 4) is 5.75 Å². The van der Waals surface area contributed by atoms with E-state index < -0.39 is 0 Å². The molecule has 0 aromatic heterocycles. The van der Waals surface area contributed by atoms with Crippen molar-refractivity contribution < 1.29 is 9.90 Å². The summed E-state index contributed by atoms with van der Waals surface area (Å²) >= 11 is 5.90. The van der Waals surface area contributed by atoms with Crippen LogP contribution in [-0.4, -0.2) is 17.2 Å². The van der Waals surface area contributed by atoms with E-state index in [2.05, 4.69) is 10.5 Å². The highest BCUT2D eigenvalue weighted by atomic mass is 35.5. The third-order valence-corrected chi connectivity index (χ3v) is 2.76. The van der Waals surface area contributed by atoms with E-state index in [1.54, 1.807) is 36.4 Å². The summed E-state index contributed by atoms with van der Waals surface area (Å²) in [5.74, 6) is -0.325. The number of benzene rings is 2. The SMILES string of the molecule is O=C(NN=Cc1c(O)cccc1Cl)c1ccccc1. The maximum Gasteiger partial charge on any atom is 0.271 e. The van der Waals surface area contributed by atoms with Crippen LogP contribution in [0.2, 0.25) is 5.02 Å². The van der Waals surface area contributed by atoms with E-state index in [0.29, 0.717) is 16.1 Å². The Morgan fingerprint density at radius 2 is 1.89 bits per heavy atom. The van der Waals surface area contributed by atoms with E-state index >= 15 is 0 Å². The van der Waals surface area contributed by atoms with Crippen molar-refractivity contribution in [2.45, 2.75) is 0 Å². The minimum atomic E-state index is -0.330. The summed E-state index contributed by atoms with van der Waals surface area (Å²) in [4.78, 5) is 11.7. The second-order valence-electron chi connectivity index (χ2n) is 3.74. The maximum atomic E-state index is 11.7. The molecule has 2 aromatic rings. The van der Waals surface area contributed by atoms with Crippen LogP contribution in [0.4, 0.5) is 0 Å². The Morgan fingerprint density at radius 3 is 2.58 bits per heavy atom. The lowest BCUT2D eigenvalue weighted by Gasteiger charge is -2.01. The van der Waals surface area contributed by atoms with E-state index in [-0.39, 0.29) is 11.7 Å². The van der Waals surface area contributed by atoms with E-state index in [4.69, 9.17) is 11.6 Å². The van der Waals surface area contributed by atoms with Crippen molar-refractivity contribution in [3.05, 3.63) is 64.7 Å². The fourth-order valence-electron chi connectivity index (χ4n) is 1.46. The lowest BCUT2D eigenvalue weighted by atomic mass is 10.2. The summed E-state index contributed by atoms with van der Waals surface area (Å²) in [6.07, 6.45) is 1.30. The number of carbonyl (C=O) groups is 1. The van der Waals surface area contributed by atoms with E-state index in [9.17, 15) is 9.90 Å². The normalized spacial score (nSPS) is 10.6. The minimum absolute atomic E-state index is 0.00482. The first kappa shape index (κ1) is 13.1. The number of phenols is 1. The highest BCUT2D eigenvalue weighted by molar-refractivity contribution is 6.33. The van der Waals surface area contributed by atoms with Gasteiger partial charge < -0.3 is 5.11 Å². The fraction of sp³-hybridized carbons (Fsp3) is 0. The number of hydrogen-bond acceptors (Lipinski definition) is 3. The molecule has 2 aromatic carbocycles. The molecule has 0 saturated carbocycles. The molecule has 0 atom stereocenters. The molecular weight excluding hydrogens is 264 g/mol. The van der Waals surface area contributed by atoms with Crippen LogP contribution in [0.25, 0.3) is 0 Å². The molecule has 0 radical (unpaired) electrons. The van der Waals surface area contributed by atoms with Gasteiger partial charge in [-0.2, -0.15) is 5.10 Å². The molecule has 0 aliphatic carbocycles. The van der Waals surface area contributed by atoms with Gasteiger partial charge in [-0.1, -0.05) is 35.9 Å². The van der Waals surface area contributed by atoms with Crippen molar-refractivity contribution in [2.24, 2.45) is 5.10 Å². The minimum Gasteiger partial charge on any atom is -0.507 e. The number of rotatable bonds is 3. The maximum absolute atomic E-state index is 11.7. The van der Waals surface area contributed by atoms with Gasteiger partial charge in [0.1, 0.15) is 5.75 Å². The van der Waals surface area contributed by atoms with Gasteiger partial charge in [-0.05, 0) is 24.3 Å². The van der Waals surface area contributed by atoms with E-state index in [1.165, 1.54) is 12.3 Å². The molecule has 19 heavy (non-hydrogen) atoms. The third-order valence-electron chi connectivity index (χ3n) is 2.43. The van der Waals surface area contributed by atoms with Gasteiger partial charge in [0, 0.05) is 5.56 Å². The van der Waals surface area contributed by atoms with Crippen molar-refractivity contribution in [1.82, 2.24) is 5.43 Å². The molecule has 0 aliphatic rings. The summed E-state index contributed by atoms with van der Waals surface area (Å²) in [5.41, 5.74) is 3.22. The van der Waals surface area contributed by atoms with Crippen LogP contribution in [0.3, 0.4) is 0 Å². The molecule has 5 heteroatoms. The van der Waals surface area contributed by atoms with Crippen LogP contribution in [0.5, 0.6) is 5.75 Å². The predicted octanol–water partition coefficient (Wildman–Crippen LogP) is 2.81. The molecule has 0 bridgehead atoms. The third kappa shape index (κ3) is 3.33. The molecule has 0 heterocycles. The first-order chi connectivity index (χ1) is 9.18. The van der Waals surface area contributed by atoms with Crippen molar-refractivity contribution >= 4 is 23.7 Å². The standard InChI is InChI=1S/C14H11ClN2O2/c15-12-7-4-8-13(18)11(12)9-16-17-14(19)10-5-2-1-3-6-10/h1-9,18H,(H,17,19). The Hall–Kier alpha value is -2.33. The smallest absolute Gasteiger partial charge is 0.271 e. The van der Waals surface area contributed by atoms with Crippen LogP contribution < -0.4 is 5.43 Å². The molecule has 0 aliphatic heterocycles. The summed E-state index contributed by atoms with van der Waals surface area (Å²) in [7, 11) is 0. The van der Waals surface area contributed by atoms with Gasteiger partial charge in [-0.25, -0.2) is 5.43 Å². The van der Waals surface area contributed by atoms with Gasteiger partial charge in [0.15, 0.2) is 0 Å². The summed E-state index contributed by atoms with van der Waals surface area (Å²) < 4.78 is 0. The Morgan fingerprint density at radius 1 is 1.16 bits per heavy atom. The number of amides is 1. The first-order valence-corrected chi connectivity index (χ1v) is 5.92. The number of aromatic hydroxyl groups is 1. The van der Waals surface area contributed by atoms with Crippen LogP contribution in [0.15, 0.2) is 53.6 Å². The average Bonchev–Trinajstić information content (AvgIpc) is 2.43. The monoisotopic (exact) mass is 274 g/mol. The number of nitrogens with one attached hydrogen (secondary N) is 1. The second kappa shape index (κ2) is 6.02. The number of hydrogen-bond donors (Lipinski definition) is 2. The van der Waals surface area contributed by atoms with Crippen LogP contribution >= 0.6 is 11.6 Å². The molecule has 0 saturated heterocycles. The van der Waals surface area contributed by atoms with Gasteiger partial charge in [0.05, 0.1) is 16.8 Å². The van der Waals surface area contributed by atoms with Crippen LogP contribution in [-0.2, 0) is 0 Å². The van der Waals surface area contributed by atoms with Crippen LogP contribution in [0.1, 0.15) is 15.9 Å². The lowest BCUT2D eigenvalue weighted by Crippen LogP contribution is -2.17. The van der Waals surface area contributed by atoms with Crippen LogP contribution in [0, 0.1) is 0 Å². The lowest BCUT2D eigenvalue weighted by molar-refractivity contribution is 0.0955. The molecular formula is C14H11ClN2O2. The zero-order valence-corrected chi connectivity index (χ0v) is 10.6. The van der Waals surface area contributed by atoms with Gasteiger partial charge >= 0.3 is 0 Å². The molecule has 0 spiro atoms. The second-order valence-corrected chi connectivity index (χ2v) is 4.14. The number of phenolic OH excluding ortho intramolecular Hbond substituents is 1. The van der Waals surface area contributed by atoms with Crippen molar-refractivity contribution in [3.63, 3.8) is 0 Å². The number of carbonyl (C=O) groups excluding carboxylic acids is 1. The molecule has 96 valence electrons. The number of hydrazone groups is 1. The van der Waals surface area contributed by atoms with Gasteiger partial charge in [-0.3, -0.25) is 4.79 Å². The molecule has 2 N–H and O–H groups in total. The molecule has 1 amide bonds. The van der Waals surface area contributed by atoms with Gasteiger partial charge in [0.2, 0.25) is 0 Å². The first-order valence-electron chi connectivity index (χ1n) is 5.54. The summed E-state index contributed by atoms with van der Waals surface area (Å²) in [6, 6.07) is 13.4. The van der Waals surface area contributed by atoms with Crippen molar-refractivity contribution in [1.29, 1.82) is 0 Å². The Kier molecular flexibility index (Phi) is 4.15. The zero-order valence-electron chi connectivity index (χ0n) is 9.88. The van der Waals surface area contributed by atoms with E-state index in [1.807, 2.05) is 6.07 Å². The topological polar surface area (TPSA) is 61.7 Å². The summed E-state index contributed by atoms with van der Waals surface area (Å²) in [6.45, 7) is 0. The summed E-state index contributed by atoms with van der Waals surface area (Å²) in [5, 5.41) is 13.7. The molecule has 4 nitrogen and oxygen atoms in total. The molecule has 2 rings (SSSR count). The predicted molar refractivity (Wildman–Crippen MR) is 74.6 cm³/mol. The Labute approximate surface area is 115 Å². The van der Waals surface area contributed by atoms with Crippen molar-refractivity contribution in [2.75, 3.05) is 0 Å². The number of nitrogens with zero attached hydrogens (tertiary/aromatic N) is 1. The number of halogens is 1. The fourth-order valence-corrected chi connectivity index (χ4v) is 1.68. The highest BCUT2D eigenvalue weighted by Crippen LogP contribution is 2.22. The quantitative estimate of drug-likeness (QED) is 0.668. The zero-order chi connectivity index (χ0) is 13.7. The van der Waals surface area contributed by atoms with Gasteiger partial charge in [-0.15, -0.1) is 0 Å².